The van der Waals surface area contributed by atoms with Crippen LogP contribution >= 0.6 is 0 Å². The molecule has 0 radical (unpaired) electrons. The fourth-order valence-corrected chi connectivity index (χ4v) is 3.28. The fraction of sp³-hybridized carbons (Fsp3) is 0.389. The molecule has 1 atom stereocenters. The Bertz CT molecular complexity index is 809. The highest BCUT2D eigenvalue weighted by Crippen LogP contribution is 2.31. The van der Waals surface area contributed by atoms with Crippen LogP contribution in [-0.2, 0) is 0 Å². The molecule has 5 nitrogen and oxygen atoms in total. The number of fused-ring (bicyclic) bond motifs is 1. The molecular formula is C18H20N4O. The quantitative estimate of drug-likeness (QED) is 0.723. The number of piperidine rings is 1. The number of benzene rings is 1. The Balaban J connectivity index is 1.63. The Morgan fingerprint density at radius 2 is 2.04 bits per heavy atom. The second-order valence-electron chi connectivity index (χ2n) is 6.21. The number of oxazole rings is 1. The molecule has 0 aliphatic carbocycles. The summed E-state index contributed by atoms with van der Waals surface area (Å²) in [5, 5.41) is 0. The van der Waals surface area contributed by atoms with Gasteiger partial charge in [0.2, 0.25) is 0 Å². The lowest BCUT2D eigenvalue weighted by atomic mass is 9.97. The zero-order chi connectivity index (χ0) is 15.8. The van der Waals surface area contributed by atoms with Gasteiger partial charge in [0.05, 0.1) is 5.92 Å². The molecule has 0 bridgehead atoms. The van der Waals surface area contributed by atoms with E-state index >= 15 is 0 Å². The Morgan fingerprint density at radius 1 is 1.17 bits per heavy atom. The highest BCUT2D eigenvalue weighted by atomic mass is 16.3. The molecule has 1 aliphatic rings. The highest BCUT2D eigenvalue weighted by molar-refractivity contribution is 5.72. The summed E-state index contributed by atoms with van der Waals surface area (Å²) < 4.78 is 5.98. The van der Waals surface area contributed by atoms with Crippen LogP contribution in [0.5, 0.6) is 0 Å². The van der Waals surface area contributed by atoms with Crippen molar-refractivity contribution in [2.45, 2.75) is 32.6 Å². The van der Waals surface area contributed by atoms with E-state index in [4.69, 9.17) is 4.42 Å². The SMILES string of the molecule is Cc1ncnc(N2CCCC(c3nc4ccccc4o3)C2)c1C. The number of hydrogen-bond donors (Lipinski definition) is 0. The van der Waals surface area contributed by atoms with E-state index in [-0.39, 0.29) is 0 Å². The number of hydrogen-bond acceptors (Lipinski definition) is 5. The normalized spacial score (nSPS) is 18.5. The van der Waals surface area contributed by atoms with Crippen LogP contribution in [0.1, 0.15) is 35.9 Å². The van der Waals surface area contributed by atoms with Crippen molar-refractivity contribution < 1.29 is 4.42 Å². The van der Waals surface area contributed by atoms with E-state index in [1.165, 1.54) is 0 Å². The lowest BCUT2D eigenvalue weighted by Crippen LogP contribution is -2.35. The topological polar surface area (TPSA) is 55.1 Å². The number of nitrogens with zero attached hydrogens (tertiary/aromatic N) is 4. The average Bonchev–Trinajstić information content (AvgIpc) is 3.02. The summed E-state index contributed by atoms with van der Waals surface area (Å²) in [5.74, 6) is 2.20. The summed E-state index contributed by atoms with van der Waals surface area (Å²) in [6.45, 7) is 6.04. The van der Waals surface area contributed by atoms with E-state index in [0.29, 0.717) is 5.92 Å². The maximum absolute atomic E-state index is 5.98. The highest BCUT2D eigenvalue weighted by Gasteiger charge is 2.27. The summed E-state index contributed by atoms with van der Waals surface area (Å²) in [6.07, 6.45) is 3.87. The van der Waals surface area contributed by atoms with Gasteiger partial charge in [-0.3, -0.25) is 0 Å². The minimum absolute atomic E-state index is 0.311. The summed E-state index contributed by atoms with van der Waals surface area (Å²) in [6, 6.07) is 7.96. The van der Waals surface area contributed by atoms with Gasteiger partial charge in [-0.25, -0.2) is 15.0 Å². The first-order valence-corrected chi connectivity index (χ1v) is 8.11. The van der Waals surface area contributed by atoms with Crippen LogP contribution in [0.2, 0.25) is 0 Å². The van der Waals surface area contributed by atoms with E-state index in [2.05, 4.69) is 26.8 Å². The predicted octanol–water partition coefficient (Wildman–Crippen LogP) is 3.62. The molecule has 4 rings (SSSR count). The molecule has 5 heteroatoms. The van der Waals surface area contributed by atoms with Crippen molar-refractivity contribution in [3.8, 4) is 0 Å². The van der Waals surface area contributed by atoms with E-state index < -0.39 is 0 Å². The Morgan fingerprint density at radius 3 is 2.91 bits per heavy atom. The first kappa shape index (κ1) is 14.2. The maximum atomic E-state index is 5.98. The van der Waals surface area contributed by atoms with Gasteiger partial charge in [-0.1, -0.05) is 12.1 Å². The van der Waals surface area contributed by atoms with Crippen LogP contribution < -0.4 is 4.90 Å². The number of aromatic nitrogens is 3. The maximum Gasteiger partial charge on any atom is 0.200 e. The number of para-hydroxylation sites is 2. The monoisotopic (exact) mass is 308 g/mol. The smallest absolute Gasteiger partial charge is 0.200 e. The lowest BCUT2D eigenvalue weighted by Gasteiger charge is -2.33. The van der Waals surface area contributed by atoms with Crippen molar-refractivity contribution in [3.63, 3.8) is 0 Å². The van der Waals surface area contributed by atoms with Crippen LogP contribution in [0.4, 0.5) is 5.82 Å². The van der Waals surface area contributed by atoms with Gasteiger partial charge in [0.25, 0.3) is 0 Å². The van der Waals surface area contributed by atoms with Crippen LogP contribution in [0.15, 0.2) is 35.0 Å². The van der Waals surface area contributed by atoms with Crippen molar-refractivity contribution in [1.29, 1.82) is 0 Å². The average molecular weight is 308 g/mol. The minimum Gasteiger partial charge on any atom is -0.440 e. The summed E-state index contributed by atoms with van der Waals surface area (Å²) in [5.41, 5.74) is 4.01. The molecule has 1 aromatic carbocycles. The third-order valence-corrected chi connectivity index (χ3v) is 4.69. The second-order valence-corrected chi connectivity index (χ2v) is 6.21. The molecule has 1 unspecified atom stereocenters. The van der Waals surface area contributed by atoms with Gasteiger partial charge in [0.15, 0.2) is 11.5 Å². The number of aryl methyl sites for hydroxylation is 1. The van der Waals surface area contributed by atoms with Crippen LogP contribution in [0.25, 0.3) is 11.1 Å². The van der Waals surface area contributed by atoms with E-state index in [0.717, 1.165) is 60.0 Å². The van der Waals surface area contributed by atoms with Crippen LogP contribution in [0, 0.1) is 13.8 Å². The second kappa shape index (κ2) is 5.65. The predicted molar refractivity (Wildman–Crippen MR) is 89.7 cm³/mol. The molecule has 1 aliphatic heterocycles. The van der Waals surface area contributed by atoms with Gasteiger partial charge in [-0.15, -0.1) is 0 Å². The zero-order valence-corrected chi connectivity index (χ0v) is 13.5. The Hall–Kier alpha value is -2.43. The van der Waals surface area contributed by atoms with Crippen LogP contribution in [0.3, 0.4) is 0 Å². The molecule has 1 fully saturated rings. The van der Waals surface area contributed by atoms with E-state index in [9.17, 15) is 0 Å². The largest absolute Gasteiger partial charge is 0.440 e. The molecule has 2 aromatic heterocycles. The standard InChI is InChI=1S/C18H20N4O/c1-12-13(2)19-11-20-17(12)22-9-5-6-14(10-22)18-21-15-7-3-4-8-16(15)23-18/h3-4,7-8,11,14H,5-6,9-10H2,1-2H3. The molecular weight excluding hydrogens is 288 g/mol. The molecule has 0 amide bonds. The van der Waals surface area contributed by atoms with Gasteiger partial charge < -0.3 is 9.32 Å². The first-order valence-electron chi connectivity index (χ1n) is 8.11. The number of rotatable bonds is 2. The Kier molecular flexibility index (Phi) is 3.48. The van der Waals surface area contributed by atoms with Crippen molar-refractivity contribution in [2.75, 3.05) is 18.0 Å². The third-order valence-electron chi connectivity index (χ3n) is 4.69. The first-order chi connectivity index (χ1) is 11.2. The Labute approximate surface area is 135 Å². The fourth-order valence-electron chi connectivity index (χ4n) is 3.28. The van der Waals surface area contributed by atoms with Crippen LogP contribution in [-0.4, -0.2) is 28.0 Å². The van der Waals surface area contributed by atoms with E-state index in [1.54, 1.807) is 6.33 Å². The van der Waals surface area contributed by atoms with Crippen molar-refractivity contribution >= 4 is 16.9 Å². The summed E-state index contributed by atoms with van der Waals surface area (Å²) >= 11 is 0. The van der Waals surface area contributed by atoms with Crippen molar-refractivity contribution in [3.05, 3.63) is 47.7 Å². The summed E-state index contributed by atoms with van der Waals surface area (Å²) in [7, 11) is 0. The molecule has 3 aromatic rings. The molecule has 0 saturated carbocycles. The van der Waals surface area contributed by atoms with Gasteiger partial charge in [0, 0.05) is 24.3 Å². The van der Waals surface area contributed by atoms with Crippen molar-refractivity contribution in [2.24, 2.45) is 0 Å². The molecule has 0 spiro atoms. The minimum atomic E-state index is 0.311. The van der Waals surface area contributed by atoms with Gasteiger partial charge in [-0.05, 0) is 38.8 Å². The molecule has 23 heavy (non-hydrogen) atoms. The number of anilines is 1. The summed E-state index contributed by atoms with van der Waals surface area (Å²) in [4.78, 5) is 15.8. The molecule has 0 N–H and O–H groups in total. The lowest BCUT2D eigenvalue weighted by molar-refractivity contribution is 0.412. The molecule has 1 saturated heterocycles. The van der Waals surface area contributed by atoms with E-state index in [1.807, 2.05) is 31.2 Å². The zero-order valence-electron chi connectivity index (χ0n) is 13.5. The third kappa shape index (κ3) is 2.56. The molecule has 118 valence electrons. The van der Waals surface area contributed by atoms with Gasteiger partial charge in [0.1, 0.15) is 17.7 Å². The van der Waals surface area contributed by atoms with Crippen molar-refractivity contribution in [1.82, 2.24) is 15.0 Å². The van der Waals surface area contributed by atoms with Gasteiger partial charge in [-0.2, -0.15) is 0 Å². The van der Waals surface area contributed by atoms with Gasteiger partial charge >= 0.3 is 0 Å². The molecule has 3 heterocycles.